The molecule has 0 saturated carbocycles. The molecule has 6 nitrogen and oxygen atoms in total. The Bertz CT molecular complexity index is 860. The predicted molar refractivity (Wildman–Crippen MR) is 109 cm³/mol. The number of amides is 1. The SMILES string of the molecule is Cc1cccc(CN2C[C@@H](c3ccnn3C(C)C)[C@@]3(CCCN(C)C3=O)C2)n1. The molecule has 2 atom stereocenters. The molecule has 2 aliphatic heterocycles. The monoisotopic (exact) mass is 381 g/mol. The number of nitrogens with zero attached hydrogens (tertiary/aromatic N) is 5. The summed E-state index contributed by atoms with van der Waals surface area (Å²) in [5.41, 5.74) is 2.95. The molecule has 2 aromatic rings. The van der Waals surface area contributed by atoms with Crippen molar-refractivity contribution in [1.29, 1.82) is 0 Å². The van der Waals surface area contributed by atoms with E-state index in [1.807, 2.05) is 31.1 Å². The molecule has 1 spiro atoms. The molecule has 1 amide bonds. The number of piperidine rings is 1. The van der Waals surface area contributed by atoms with Gasteiger partial charge in [0.15, 0.2) is 0 Å². The van der Waals surface area contributed by atoms with Gasteiger partial charge in [-0.15, -0.1) is 0 Å². The molecule has 2 saturated heterocycles. The minimum Gasteiger partial charge on any atom is -0.345 e. The summed E-state index contributed by atoms with van der Waals surface area (Å²) in [6.45, 7) is 9.64. The molecule has 4 heterocycles. The van der Waals surface area contributed by atoms with Crippen molar-refractivity contribution in [3.8, 4) is 0 Å². The second kappa shape index (κ2) is 7.32. The molecule has 6 heteroatoms. The van der Waals surface area contributed by atoms with E-state index in [-0.39, 0.29) is 17.4 Å². The van der Waals surface area contributed by atoms with Gasteiger partial charge < -0.3 is 4.90 Å². The first-order valence-corrected chi connectivity index (χ1v) is 10.3. The summed E-state index contributed by atoms with van der Waals surface area (Å²) in [5.74, 6) is 0.456. The number of pyridine rings is 1. The van der Waals surface area contributed by atoms with Crippen molar-refractivity contribution >= 4 is 5.91 Å². The third-order valence-electron chi connectivity index (χ3n) is 6.38. The highest BCUT2D eigenvalue weighted by atomic mass is 16.2. The summed E-state index contributed by atoms with van der Waals surface area (Å²) in [6, 6.07) is 8.57. The quantitative estimate of drug-likeness (QED) is 0.817. The van der Waals surface area contributed by atoms with E-state index >= 15 is 0 Å². The second-order valence-electron chi connectivity index (χ2n) is 8.77. The van der Waals surface area contributed by atoms with E-state index in [1.165, 1.54) is 5.69 Å². The third-order valence-corrected chi connectivity index (χ3v) is 6.38. The molecule has 0 bridgehead atoms. The van der Waals surface area contributed by atoms with E-state index in [0.29, 0.717) is 5.91 Å². The van der Waals surface area contributed by atoms with Crippen LogP contribution in [0.4, 0.5) is 0 Å². The predicted octanol–water partition coefficient (Wildman–Crippen LogP) is 3.01. The Kier molecular flexibility index (Phi) is 5.00. The van der Waals surface area contributed by atoms with Crippen molar-refractivity contribution in [2.75, 3.05) is 26.7 Å². The summed E-state index contributed by atoms with van der Waals surface area (Å²) in [6.07, 6.45) is 3.89. The van der Waals surface area contributed by atoms with E-state index in [2.05, 4.69) is 51.7 Å². The Morgan fingerprint density at radius 2 is 2.11 bits per heavy atom. The molecule has 0 aromatic carbocycles. The minimum absolute atomic E-state index is 0.164. The third kappa shape index (κ3) is 3.24. The first-order valence-electron chi connectivity index (χ1n) is 10.3. The number of carbonyl (C=O) groups excluding carboxylic acids is 1. The standard InChI is InChI=1S/C22H31N5O/c1-16(2)27-20(9-11-23-27)19-14-26(13-18-8-5-7-17(3)24-18)15-22(19)10-6-12-25(4)21(22)28/h5,7-9,11,16,19H,6,10,12-15H2,1-4H3/t19-,22+/m0/s1. The zero-order chi connectivity index (χ0) is 19.9. The Morgan fingerprint density at radius 1 is 1.29 bits per heavy atom. The number of likely N-dealkylation sites (tertiary alicyclic amines) is 2. The van der Waals surface area contributed by atoms with E-state index < -0.39 is 0 Å². The normalized spacial score (nSPS) is 26.0. The van der Waals surface area contributed by atoms with Gasteiger partial charge in [-0.25, -0.2) is 0 Å². The zero-order valence-corrected chi connectivity index (χ0v) is 17.4. The fourth-order valence-corrected chi connectivity index (χ4v) is 5.14. The molecule has 4 rings (SSSR count). The number of hydrogen-bond acceptors (Lipinski definition) is 4. The number of aromatic nitrogens is 3. The number of rotatable bonds is 4. The van der Waals surface area contributed by atoms with Crippen LogP contribution in [-0.2, 0) is 11.3 Å². The van der Waals surface area contributed by atoms with Crippen molar-refractivity contribution in [3.05, 3.63) is 47.5 Å². The highest BCUT2D eigenvalue weighted by molar-refractivity contribution is 5.85. The fourth-order valence-electron chi connectivity index (χ4n) is 5.14. The molecule has 0 unspecified atom stereocenters. The summed E-state index contributed by atoms with van der Waals surface area (Å²) in [4.78, 5) is 22.5. The van der Waals surface area contributed by atoms with Crippen LogP contribution in [0.25, 0.3) is 0 Å². The molecular weight excluding hydrogens is 350 g/mol. The van der Waals surface area contributed by atoms with Crippen LogP contribution < -0.4 is 0 Å². The van der Waals surface area contributed by atoms with Crippen molar-refractivity contribution in [1.82, 2.24) is 24.6 Å². The molecule has 0 N–H and O–H groups in total. The molecule has 28 heavy (non-hydrogen) atoms. The van der Waals surface area contributed by atoms with Crippen molar-refractivity contribution in [2.45, 2.75) is 52.1 Å². The van der Waals surface area contributed by atoms with Gasteiger partial charge in [0.05, 0.1) is 11.1 Å². The van der Waals surface area contributed by atoms with E-state index in [0.717, 1.165) is 50.4 Å². The topological polar surface area (TPSA) is 54.3 Å². The smallest absolute Gasteiger partial charge is 0.230 e. The van der Waals surface area contributed by atoms with Gasteiger partial charge in [0.25, 0.3) is 0 Å². The Balaban J connectivity index is 1.69. The van der Waals surface area contributed by atoms with Crippen LogP contribution in [0.2, 0.25) is 0 Å². The van der Waals surface area contributed by atoms with Crippen molar-refractivity contribution in [3.63, 3.8) is 0 Å². The molecule has 150 valence electrons. The first kappa shape index (κ1) is 19.1. The van der Waals surface area contributed by atoms with Crippen LogP contribution >= 0.6 is 0 Å². The molecule has 0 radical (unpaired) electrons. The van der Waals surface area contributed by atoms with Gasteiger partial charge in [0.2, 0.25) is 5.91 Å². The van der Waals surface area contributed by atoms with Gasteiger partial charge >= 0.3 is 0 Å². The van der Waals surface area contributed by atoms with Crippen LogP contribution in [-0.4, -0.2) is 57.2 Å². The Hall–Kier alpha value is -2.21. The summed E-state index contributed by atoms with van der Waals surface area (Å²) >= 11 is 0. The van der Waals surface area contributed by atoms with Crippen molar-refractivity contribution < 1.29 is 4.79 Å². The minimum atomic E-state index is -0.358. The highest BCUT2D eigenvalue weighted by Crippen LogP contribution is 2.49. The van der Waals surface area contributed by atoms with Gasteiger partial charge in [0, 0.05) is 62.8 Å². The number of carbonyl (C=O) groups is 1. The van der Waals surface area contributed by atoms with Crippen LogP contribution in [0.1, 0.15) is 55.7 Å². The molecule has 0 aliphatic carbocycles. The van der Waals surface area contributed by atoms with Crippen LogP contribution in [0, 0.1) is 12.3 Å². The summed E-state index contributed by atoms with van der Waals surface area (Å²) in [5, 5.41) is 4.56. The maximum Gasteiger partial charge on any atom is 0.230 e. The number of hydrogen-bond donors (Lipinski definition) is 0. The van der Waals surface area contributed by atoms with Crippen LogP contribution in [0.15, 0.2) is 30.5 Å². The molecular formula is C22H31N5O. The average Bonchev–Trinajstić information content (AvgIpc) is 3.25. The van der Waals surface area contributed by atoms with Crippen molar-refractivity contribution in [2.24, 2.45) is 5.41 Å². The largest absolute Gasteiger partial charge is 0.345 e. The molecule has 2 fully saturated rings. The van der Waals surface area contributed by atoms with Gasteiger partial charge in [-0.05, 0) is 51.8 Å². The Morgan fingerprint density at radius 3 is 2.86 bits per heavy atom. The van der Waals surface area contributed by atoms with Gasteiger partial charge in [-0.3, -0.25) is 19.4 Å². The Labute approximate surface area is 167 Å². The molecule has 2 aromatic heterocycles. The van der Waals surface area contributed by atoms with Gasteiger partial charge in [0.1, 0.15) is 0 Å². The zero-order valence-electron chi connectivity index (χ0n) is 17.4. The molecule has 2 aliphatic rings. The highest BCUT2D eigenvalue weighted by Gasteiger charge is 2.55. The van der Waals surface area contributed by atoms with E-state index in [1.54, 1.807) is 0 Å². The second-order valence-corrected chi connectivity index (χ2v) is 8.77. The lowest BCUT2D eigenvalue weighted by Crippen LogP contribution is -2.50. The van der Waals surface area contributed by atoms with Gasteiger partial charge in [-0.2, -0.15) is 5.10 Å². The summed E-state index contributed by atoms with van der Waals surface area (Å²) < 4.78 is 2.10. The lowest BCUT2D eigenvalue weighted by Gasteiger charge is -2.41. The lowest BCUT2D eigenvalue weighted by atomic mass is 9.70. The maximum absolute atomic E-state index is 13.4. The van der Waals surface area contributed by atoms with Crippen LogP contribution in [0.3, 0.4) is 0 Å². The average molecular weight is 382 g/mol. The van der Waals surface area contributed by atoms with Crippen LogP contribution in [0.5, 0.6) is 0 Å². The van der Waals surface area contributed by atoms with E-state index in [4.69, 9.17) is 0 Å². The van der Waals surface area contributed by atoms with E-state index in [9.17, 15) is 4.79 Å². The number of aryl methyl sites for hydroxylation is 1. The fraction of sp³-hybridized carbons (Fsp3) is 0.591. The lowest BCUT2D eigenvalue weighted by molar-refractivity contribution is -0.145. The summed E-state index contributed by atoms with van der Waals surface area (Å²) in [7, 11) is 1.95. The maximum atomic E-state index is 13.4. The van der Waals surface area contributed by atoms with Gasteiger partial charge in [-0.1, -0.05) is 6.07 Å². The first-order chi connectivity index (χ1) is 13.4.